The van der Waals surface area contributed by atoms with Crippen molar-refractivity contribution in [3.8, 4) is 0 Å². The molecule has 9 nitrogen and oxygen atoms in total. The van der Waals surface area contributed by atoms with Gasteiger partial charge in [-0.15, -0.1) is 0 Å². The van der Waals surface area contributed by atoms with Crippen molar-refractivity contribution in [2.75, 3.05) is 39.4 Å². The van der Waals surface area contributed by atoms with Gasteiger partial charge in [0.1, 0.15) is 5.58 Å². The van der Waals surface area contributed by atoms with Crippen molar-refractivity contribution in [2.45, 2.75) is 12.5 Å². The van der Waals surface area contributed by atoms with Gasteiger partial charge in [0.15, 0.2) is 5.43 Å². The van der Waals surface area contributed by atoms with E-state index in [1.165, 1.54) is 12.1 Å². The van der Waals surface area contributed by atoms with E-state index in [-0.39, 0.29) is 28.3 Å². The molecule has 188 valence electrons. The maximum atomic E-state index is 13.9. The number of fused-ring (bicyclic) bond motifs is 4. The lowest BCUT2D eigenvalue weighted by Crippen LogP contribution is -2.38. The topological polar surface area (TPSA) is 106 Å². The first-order chi connectivity index (χ1) is 18.0. The Balaban J connectivity index is 1.46. The average molecular weight is 500 g/mol. The summed E-state index contributed by atoms with van der Waals surface area (Å²) < 4.78 is 11.6. The Morgan fingerprint density at radius 1 is 0.946 bits per heavy atom. The number of benzene rings is 3. The molecule has 1 amide bonds. The molecule has 1 atom stereocenters. The quantitative estimate of drug-likeness (QED) is 0.223. The summed E-state index contributed by atoms with van der Waals surface area (Å²) in [7, 11) is 0. The maximum absolute atomic E-state index is 13.9. The molecule has 3 heterocycles. The van der Waals surface area contributed by atoms with Gasteiger partial charge in [-0.1, -0.05) is 42.5 Å². The van der Waals surface area contributed by atoms with Crippen LogP contribution in [0.3, 0.4) is 0 Å². The van der Waals surface area contributed by atoms with Crippen LogP contribution in [-0.4, -0.2) is 60.0 Å². The van der Waals surface area contributed by atoms with E-state index in [2.05, 4.69) is 4.90 Å². The Morgan fingerprint density at radius 2 is 1.76 bits per heavy atom. The second kappa shape index (κ2) is 9.42. The summed E-state index contributed by atoms with van der Waals surface area (Å²) in [6.45, 7) is 4.19. The van der Waals surface area contributed by atoms with E-state index in [4.69, 9.17) is 9.15 Å². The van der Waals surface area contributed by atoms with Gasteiger partial charge in [-0.05, 0) is 23.4 Å². The van der Waals surface area contributed by atoms with E-state index in [0.29, 0.717) is 42.7 Å². The molecule has 1 fully saturated rings. The minimum atomic E-state index is -0.765. The van der Waals surface area contributed by atoms with Crippen LogP contribution in [0.25, 0.3) is 21.7 Å². The highest BCUT2D eigenvalue weighted by Crippen LogP contribution is 2.40. The van der Waals surface area contributed by atoms with Gasteiger partial charge in [-0.25, -0.2) is 0 Å². The van der Waals surface area contributed by atoms with Gasteiger partial charge < -0.3 is 14.1 Å². The highest BCUT2D eigenvalue weighted by molar-refractivity contribution is 6.06. The van der Waals surface area contributed by atoms with E-state index in [1.54, 1.807) is 23.1 Å². The van der Waals surface area contributed by atoms with Crippen LogP contribution in [0.5, 0.6) is 0 Å². The number of morpholine rings is 1. The molecule has 0 saturated carbocycles. The van der Waals surface area contributed by atoms with Crippen LogP contribution >= 0.6 is 0 Å². The molecule has 2 aliphatic heterocycles. The van der Waals surface area contributed by atoms with Crippen LogP contribution in [0, 0.1) is 10.1 Å². The lowest BCUT2D eigenvalue weighted by Gasteiger charge is -2.29. The molecule has 3 aromatic carbocycles. The maximum Gasteiger partial charge on any atom is 0.290 e. The van der Waals surface area contributed by atoms with Crippen LogP contribution in [0.4, 0.5) is 5.69 Å². The molecular formula is C28H25N3O6. The largest absolute Gasteiger partial charge is 0.450 e. The van der Waals surface area contributed by atoms with Crippen LogP contribution in [0.15, 0.2) is 69.9 Å². The third kappa shape index (κ3) is 4.06. The van der Waals surface area contributed by atoms with E-state index in [1.807, 2.05) is 30.3 Å². The van der Waals surface area contributed by atoms with E-state index in [9.17, 15) is 19.7 Å². The summed E-state index contributed by atoms with van der Waals surface area (Å²) in [6, 6.07) is 16.5. The average Bonchev–Trinajstić information content (AvgIpc) is 3.21. The number of ether oxygens (including phenoxy) is 1. The predicted molar refractivity (Wildman–Crippen MR) is 138 cm³/mol. The predicted octanol–water partition coefficient (Wildman–Crippen LogP) is 4.12. The molecular weight excluding hydrogens is 474 g/mol. The zero-order valence-electron chi connectivity index (χ0n) is 20.1. The fourth-order valence-electron chi connectivity index (χ4n) is 5.42. The molecule has 0 spiro atoms. The molecule has 0 radical (unpaired) electrons. The van der Waals surface area contributed by atoms with Crippen molar-refractivity contribution >= 4 is 33.3 Å². The molecule has 0 N–H and O–H groups in total. The molecule has 0 bridgehead atoms. The van der Waals surface area contributed by atoms with Crippen LogP contribution < -0.4 is 5.43 Å². The molecule has 0 aliphatic carbocycles. The summed E-state index contributed by atoms with van der Waals surface area (Å²) >= 11 is 0. The van der Waals surface area contributed by atoms with Gasteiger partial charge in [0.05, 0.1) is 35.1 Å². The van der Waals surface area contributed by atoms with Gasteiger partial charge >= 0.3 is 0 Å². The third-order valence-electron chi connectivity index (χ3n) is 7.23. The number of carbonyl (C=O) groups is 1. The molecule has 2 aliphatic rings. The molecule has 6 rings (SSSR count). The highest BCUT2D eigenvalue weighted by atomic mass is 16.6. The highest BCUT2D eigenvalue weighted by Gasteiger charge is 2.43. The second-order valence-electron chi connectivity index (χ2n) is 9.40. The SMILES string of the molecule is O=C1c2oc3c(ccc4ccccc43)c(=O)c2C(c2cccc([N+](=O)[O-])c2)N1CCCN1CCOCC1. The smallest absolute Gasteiger partial charge is 0.290 e. The van der Waals surface area contributed by atoms with Crippen LogP contribution in [0.1, 0.15) is 34.1 Å². The first-order valence-corrected chi connectivity index (χ1v) is 12.4. The molecule has 1 aromatic heterocycles. The number of nitro benzene ring substituents is 1. The summed E-state index contributed by atoms with van der Waals surface area (Å²) in [5, 5.41) is 13.5. The Morgan fingerprint density at radius 3 is 2.57 bits per heavy atom. The number of nitrogens with zero attached hydrogens (tertiary/aromatic N) is 3. The van der Waals surface area contributed by atoms with Crippen molar-refractivity contribution < 1.29 is 18.9 Å². The van der Waals surface area contributed by atoms with Crippen molar-refractivity contribution in [2.24, 2.45) is 0 Å². The summed E-state index contributed by atoms with van der Waals surface area (Å²) in [5.74, 6) is -0.364. The normalized spacial score (nSPS) is 18.0. The number of carbonyl (C=O) groups excluding carboxylic acids is 1. The molecule has 1 saturated heterocycles. The van der Waals surface area contributed by atoms with Crippen LogP contribution in [0.2, 0.25) is 0 Å². The minimum Gasteiger partial charge on any atom is -0.450 e. The van der Waals surface area contributed by atoms with Crippen molar-refractivity contribution in [1.82, 2.24) is 9.80 Å². The van der Waals surface area contributed by atoms with E-state index in [0.717, 1.165) is 30.4 Å². The van der Waals surface area contributed by atoms with Gasteiger partial charge in [-0.2, -0.15) is 0 Å². The van der Waals surface area contributed by atoms with Gasteiger partial charge in [0.2, 0.25) is 5.76 Å². The monoisotopic (exact) mass is 499 g/mol. The van der Waals surface area contributed by atoms with Gasteiger partial charge in [0.25, 0.3) is 11.6 Å². The van der Waals surface area contributed by atoms with Crippen LogP contribution in [-0.2, 0) is 4.74 Å². The first kappa shape index (κ1) is 23.3. The number of rotatable bonds is 6. The summed E-state index contributed by atoms with van der Waals surface area (Å²) in [4.78, 5) is 42.6. The second-order valence-corrected chi connectivity index (χ2v) is 9.40. The Hall–Kier alpha value is -4.08. The van der Waals surface area contributed by atoms with Crippen molar-refractivity contribution in [3.63, 3.8) is 0 Å². The van der Waals surface area contributed by atoms with Gasteiger partial charge in [0, 0.05) is 43.7 Å². The Kier molecular flexibility index (Phi) is 5.94. The molecule has 9 heteroatoms. The van der Waals surface area contributed by atoms with E-state index < -0.39 is 11.0 Å². The molecule has 4 aromatic rings. The number of nitro groups is 1. The summed E-state index contributed by atoms with van der Waals surface area (Å²) in [6.07, 6.45) is 0.682. The summed E-state index contributed by atoms with van der Waals surface area (Å²) in [5.41, 5.74) is 0.744. The Bertz CT molecular complexity index is 1590. The molecule has 1 unspecified atom stereocenters. The first-order valence-electron chi connectivity index (χ1n) is 12.4. The minimum absolute atomic E-state index is 0.0109. The zero-order valence-corrected chi connectivity index (χ0v) is 20.1. The standard InChI is InChI=1S/C28H25N3O6/c32-25-22-10-9-18-5-1-2-8-21(18)26(22)37-27-23(25)24(19-6-3-7-20(17-19)31(34)35)30(28(27)33)12-4-11-29-13-15-36-16-14-29/h1-3,5-10,17,24H,4,11-16H2. The number of hydrogen-bond acceptors (Lipinski definition) is 7. The van der Waals surface area contributed by atoms with E-state index >= 15 is 0 Å². The molecule has 37 heavy (non-hydrogen) atoms. The van der Waals surface area contributed by atoms with Gasteiger partial charge in [-0.3, -0.25) is 24.6 Å². The Labute approximate surface area is 212 Å². The third-order valence-corrected chi connectivity index (χ3v) is 7.23. The number of amides is 1. The fourth-order valence-corrected chi connectivity index (χ4v) is 5.42. The lowest BCUT2D eigenvalue weighted by molar-refractivity contribution is -0.384. The number of hydrogen-bond donors (Lipinski definition) is 0. The zero-order chi connectivity index (χ0) is 25.5. The lowest BCUT2D eigenvalue weighted by atomic mass is 9.97. The fraction of sp³-hybridized carbons (Fsp3) is 0.286. The van der Waals surface area contributed by atoms with Crippen molar-refractivity contribution in [3.05, 3.63) is 97.9 Å². The number of non-ortho nitro benzene ring substituents is 1. The van der Waals surface area contributed by atoms with Crippen molar-refractivity contribution in [1.29, 1.82) is 0 Å².